The highest BCUT2D eigenvalue weighted by Crippen LogP contribution is 2.16. The van der Waals surface area contributed by atoms with Gasteiger partial charge in [0.1, 0.15) is 5.69 Å². The van der Waals surface area contributed by atoms with Crippen molar-refractivity contribution in [2.24, 2.45) is 14.1 Å². The summed E-state index contributed by atoms with van der Waals surface area (Å²) >= 11 is 0. The van der Waals surface area contributed by atoms with Crippen molar-refractivity contribution >= 4 is 17.7 Å². The fourth-order valence-electron chi connectivity index (χ4n) is 2.48. The van der Waals surface area contributed by atoms with Crippen LogP contribution in [0.3, 0.4) is 0 Å². The zero-order valence-electron chi connectivity index (χ0n) is 14.2. The predicted octanol–water partition coefficient (Wildman–Crippen LogP) is -0.898. The molecule has 0 atom stereocenters. The highest BCUT2D eigenvalue weighted by atomic mass is 19.1. The van der Waals surface area contributed by atoms with Crippen LogP contribution in [0.5, 0.6) is 0 Å². The first kappa shape index (κ1) is 17.7. The van der Waals surface area contributed by atoms with Crippen molar-refractivity contribution in [1.29, 1.82) is 0 Å². The maximum Gasteiger partial charge on any atom is 0.331 e. The van der Waals surface area contributed by atoms with E-state index in [4.69, 9.17) is 4.74 Å². The van der Waals surface area contributed by atoms with Gasteiger partial charge in [0.2, 0.25) is 5.95 Å². The van der Waals surface area contributed by atoms with Gasteiger partial charge in [0, 0.05) is 33.3 Å². The largest absolute Gasteiger partial charge is 0.378 e. The van der Waals surface area contributed by atoms with Crippen LogP contribution >= 0.6 is 0 Å². The number of morpholine rings is 1. The molecule has 1 aliphatic rings. The number of halogens is 1. The van der Waals surface area contributed by atoms with Crippen LogP contribution in [-0.4, -0.2) is 51.3 Å². The van der Waals surface area contributed by atoms with E-state index in [1.165, 1.54) is 14.1 Å². The number of anilines is 2. The van der Waals surface area contributed by atoms with Crippen LogP contribution in [0, 0.1) is 5.82 Å². The summed E-state index contributed by atoms with van der Waals surface area (Å²) in [6.07, 6.45) is 0.955. The van der Waals surface area contributed by atoms with Crippen LogP contribution in [0.1, 0.15) is 10.5 Å². The third kappa shape index (κ3) is 3.33. The molecule has 0 aliphatic carbocycles. The molecule has 0 spiro atoms. The molecule has 0 radical (unpaired) electrons. The Morgan fingerprint density at radius 3 is 2.62 bits per heavy atom. The molecule has 26 heavy (non-hydrogen) atoms. The molecule has 3 heterocycles. The van der Waals surface area contributed by atoms with E-state index < -0.39 is 23.0 Å². The molecule has 0 bridgehead atoms. The van der Waals surface area contributed by atoms with Crippen molar-refractivity contribution in [2.45, 2.75) is 0 Å². The number of ether oxygens (including phenoxy) is 1. The third-order valence-corrected chi connectivity index (χ3v) is 4.02. The van der Waals surface area contributed by atoms with Gasteiger partial charge in [0.05, 0.1) is 19.4 Å². The zero-order chi connectivity index (χ0) is 18.8. The smallest absolute Gasteiger partial charge is 0.331 e. The van der Waals surface area contributed by atoms with E-state index in [2.05, 4.69) is 15.3 Å². The summed E-state index contributed by atoms with van der Waals surface area (Å²) in [5.74, 6) is -1.74. The third-order valence-electron chi connectivity index (χ3n) is 4.02. The lowest BCUT2D eigenvalue weighted by atomic mass is 10.3. The topological polar surface area (TPSA) is 111 Å². The Morgan fingerprint density at radius 1 is 1.23 bits per heavy atom. The van der Waals surface area contributed by atoms with Crippen molar-refractivity contribution in [3.05, 3.63) is 44.6 Å². The summed E-state index contributed by atoms with van der Waals surface area (Å²) in [6, 6.07) is 0.999. The first-order valence-corrected chi connectivity index (χ1v) is 7.82. The van der Waals surface area contributed by atoms with E-state index in [1.54, 1.807) is 4.90 Å². The molecule has 0 saturated carbocycles. The molecule has 2 aromatic heterocycles. The molecule has 10 nitrogen and oxygen atoms in total. The maximum absolute atomic E-state index is 14.0. The highest BCUT2D eigenvalue weighted by Gasteiger charge is 2.19. The number of carbonyl (C=O) groups is 1. The first-order valence-electron chi connectivity index (χ1n) is 7.82. The van der Waals surface area contributed by atoms with E-state index in [1.807, 2.05) is 0 Å². The second-order valence-corrected chi connectivity index (χ2v) is 5.69. The molecule has 11 heteroatoms. The SMILES string of the molecule is Cn1c(C(=O)Nc2nc(N3CCOCC3)ncc2F)cc(=O)n(C)c1=O. The number of carbonyl (C=O) groups excluding carboxylic acids is 1. The number of hydrogen-bond donors (Lipinski definition) is 1. The summed E-state index contributed by atoms with van der Waals surface area (Å²) in [6.45, 7) is 2.08. The number of nitrogens with zero attached hydrogens (tertiary/aromatic N) is 5. The molecule has 0 unspecified atom stereocenters. The summed E-state index contributed by atoms with van der Waals surface area (Å²) in [7, 11) is 2.64. The average molecular weight is 364 g/mol. The molecule has 1 N–H and O–H groups in total. The lowest BCUT2D eigenvalue weighted by molar-refractivity contribution is 0.101. The second kappa shape index (κ2) is 7.04. The molecule has 1 fully saturated rings. The molecular weight excluding hydrogens is 347 g/mol. The van der Waals surface area contributed by atoms with Gasteiger partial charge >= 0.3 is 5.69 Å². The normalized spacial score (nSPS) is 14.3. The number of nitrogens with one attached hydrogen (secondary N) is 1. The number of amides is 1. The van der Waals surface area contributed by atoms with Crippen molar-refractivity contribution in [2.75, 3.05) is 36.5 Å². The van der Waals surface area contributed by atoms with Gasteiger partial charge in [-0.25, -0.2) is 14.2 Å². The molecule has 138 valence electrons. The monoisotopic (exact) mass is 364 g/mol. The van der Waals surface area contributed by atoms with E-state index in [9.17, 15) is 18.8 Å². The van der Waals surface area contributed by atoms with Crippen molar-refractivity contribution in [3.8, 4) is 0 Å². The van der Waals surface area contributed by atoms with Gasteiger partial charge in [-0.15, -0.1) is 0 Å². The summed E-state index contributed by atoms with van der Waals surface area (Å²) < 4.78 is 21.1. The first-order chi connectivity index (χ1) is 12.4. The predicted molar refractivity (Wildman–Crippen MR) is 89.9 cm³/mol. The maximum atomic E-state index is 14.0. The van der Waals surface area contributed by atoms with Gasteiger partial charge in [-0.2, -0.15) is 4.98 Å². The Morgan fingerprint density at radius 2 is 1.92 bits per heavy atom. The average Bonchev–Trinajstić information content (AvgIpc) is 2.65. The van der Waals surface area contributed by atoms with E-state index in [0.717, 1.165) is 21.4 Å². The van der Waals surface area contributed by atoms with Gasteiger partial charge < -0.3 is 15.0 Å². The minimum absolute atomic E-state index is 0.205. The van der Waals surface area contributed by atoms with Crippen LogP contribution < -0.4 is 21.5 Å². The van der Waals surface area contributed by atoms with Gasteiger partial charge in [-0.1, -0.05) is 0 Å². The fourth-order valence-corrected chi connectivity index (χ4v) is 2.48. The molecule has 0 aromatic carbocycles. The molecule has 1 aliphatic heterocycles. The van der Waals surface area contributed by atoms with Crippen LogP contribution in [0.25, 0.3) is 0 Å². The molecule has 3 rings (SSSR count). The Kier molecular flexibility index (Phi) is 4.80. The Hall–Kier alpha value is -3.08. The molecular formula is C15H17FN6O4. The number of hydrogen-bond acceptors (Lipinski definition) is 7. The summed E-state index contributed by atoms with van der Waals surface area (Å²) in [4.78, 5) is 45.8. The zero-order valence-corrected chi connectivity index (χ0v) is 14.2. The number of rotatable bonds is 3. The van der Waals surface area contributed by atoms with Crippen LogP contribution in [0.15, 0.2) is 21.9 Å². The van der Waals surface area contributed by atoms with Crippen LogP contribution in [0.2, 0.25) is 0 Å². The van der Waals surface area contributed by atoms with Crippen LogP contribution in [-0.2, 0) is 18.8 Å². The van der Waals surface area contributed by atoms with Gasteiger partial charge in [-0.3, -0.25) is 18.7 Å². The Bertz CT molecular complexity index is 964. The van der Waals surface area contributed by atoms with E-state index in [0.29, 0.717) is 26.3 Å². The number of aromatic nitrogens is 4. The molecule has 1 saturated heterocycles. The molecule has 2 aromatic rings. The Balaban J connectivity index is 1.90. The van der Waals surface area contributed by atoms with Gasteiger partial charge in [-0.05, 0) is 0 Å². The Labute approximate surface area is 146 Å². The van der Waals surface area contributed by atoms with Gasteiger partial charge in [0.15, 0.2) is 11.6 Å². The van der Waals surface area contributed by atoms with E-state index >= 15 is 0 Å². The standard InChI is InChI=1S/C15H17FN6O4/c1-20-10(7-11(23)21(2)15(20)25)13(24)18-12-9(16)8-17-14(19-12)22-3-5-26-6-4-22/h7-8H,3-6H2,1-2H3,(H,17,18,19,24). The van der Waals surface area contributed by atoms with Crippen molar-refractivity contribution in [1.82, 2.24) is 19.1 Å². The summed E-state index contributed by atoms with van der Waals surface area (Å²) in [5.41, 5.74) is -1.51. The van der Waals surface area contributed by atoms with Gasteiger partial charge in [0.25, 0.3) is 11.5 Å². The highest BCUT2D eigenvalue weighted by molar-refractivity contribution is 6.02. The molecule has 1 amide bonds. The second-order valence-electron chi connectivity index (χ2n) is 5.69. The lowest BCUT2D eigenvalue weighted by Gasteiger charge is -2.26. The summed E-state index contributed by atoms with van der Waals surface area (Å²) in [5, 5.41) is 2.29. The minimum atomic E-state index is -0.829. The lowest BCUT2D eigenvalue weighted by Crippen LogP contribution is -2.40. The quantitative estimate of drug-likeness (QED) is 0.751. The minimum Gasteiger partial charge on any atom is -0.378 e. The van der Waals surface area contributed by atoms with Crippen molar-refractivity contribution < 1.29 is 13.9 Å². The van der Waals surface area contributed by atoms with E-state index in [-0.39, 0.29) is 17.5 Å². The van der Waals surface area contributed by atoms with Crippen molar-refractivity contribution in [3.63, 3.8) is 0 Å². The fraction of sp³-hybridized carbons (Fsp3) is 0.400. The van der Waals surface area contributed by atoms with Crippen LogP contribution in [0.4, 0.5) is 16.2 Å².